The van der Waals surface area contributed by atoms with Gasteiger partial charge in [0.15, 0.2) is 0 Å². The van der Waals surface area contributed by atoms with Crippen LogP contribution >= 0.6 is 24.8 Å². The Kier molecular flexibility index (Phi) is 8.45. The highest BCUT2D eigenvalue weighted by Crippen LogP contribution is 2.01. The second-order valence-corrected chi connectivity index (χ2v) is 3.80. The van der Waals surface area contributed by atoms with Gasteiger partial charge in [-0.05, 0) is 19.0 Å². The van der Waals surface area contributed by atoms with Crippen molar-refractivity contribution in [2.24, 2.45) is 0 Å². The Morgan fingerprint density at radius 1 is 1.50 bits per heavy atom. The van der Waals surface area contributed by atoms with Crippen molar-refractivity contribution < 1.29 is 4.79 Å². The van der Waals surface area contributed by atoms with E-state index in [0.717, 1.165) is 19.5 Å². The molecule has 0 atom stereocenters. The summed E-state index contributed by atoms with van der Waals surface area (Å²) in [6, 6.07) is 1.81. The van der Waals surface area contributed by atoms with Gasteiger partial charge in [0.25, 0.3) is 0 Å². The van der Waals surface area contributed by atoms with E-state index in [1.165, 1.54) is 5.57 Å². The number of aromatic nitrogens is 2. The number of halogens is 2. The Hall–Kier alpha value is -1.04. The Bertz CT molecular complexity index is 378. The first-order valence-corrected chi connectivity index (χ1v) is 5.47. The SMILES string of the molecule is Cl.Cl.O=C(Cn1cccn1)NCC1=CCNCC1. The van der Waals surface area contributed by atoms with Gasteiger partial charge in [-0.25, -0.2) is 0 Å². The predicted molar refractivity (Wildman–Crippen MR) is 75.3 cm³/mol. The Labute approximate surface area is 119 Å². The van der Waals surface area contributed by atoms with Gasteiger partial charge in [0.05, 0.1) is 0 Å². The number of carbonyl (C=O) groups is 1. The molecular weight excluding hydrogens is 275 g/mol. The lowest BCUT2D eigenvalue weighted by molar-refractivity contribution is -0.121. The number of carbonyl (C=O) groups excluding carboxylic acids is 1. The molecule has 2 N–H and O–H groups in total. The summed E-state index contributed by atoms with van der Waals surface area (Å²) in [6.07, 6.45) is 6.60. The highest BCUT2D eigenvalue weighted by atomic mass is 35.5. The van der Waals surface area contributed by atoms with Crippen LogP contribution in [0, 0.1) is 0 Å². The van der Waals surface area contributed by atoms with Gasteiger partial charge < -0.3 is 10.6 Å². The molecule has 1 aliphatic rings. The standard InChI is InChI=1S/C11H16N4O.2ClH/c16-11(9-15-7-1-4-14-15)13-8-10-2-5-12-6-3-10;;/h1-2,4,7,12H,3,5-6,8-9H2,(H,13,16);2*1H. The minimum Gasteiger partial charge on any atom is -0.351 e. The maximum atomic E-state index is 11.5. The molecule has 5 nitrogen and oxygen atoms in total. The molecule has 1 aromatic heterocycles. The molecule has 2 heterocycles. The van der Waals surface area contributed by atoms with E-state index in [0.29, 0.717) is 13.1 Å². The highest BCUT2D eigenvalue weighted by Gasteiger charge is 2.06. The Morgan fingerprint density at radius 2 is 2.33 bits per heavy atom. The molecule has 0 saturated carbocycles. The summed E-state index contributed by atoms with van der Waals surface area (Å²) in [5, 5.41) is 10.1. The fourth-order valence-electron chi connectivity index (χ4n) is 1.64. The maximum Gasteiger partial charge on any atom is 0.241 e. The molecule has 0 radical (unpaired) electrons. The first-order valence-electron chi connectivity index (χ1n) is 5.47. The minimum absolute atomic E-state index is 0. The number of hydrogen-bond acceptors (Lipinski definition) is 3. The van der Waals surface area contributed by atoms with Gasteiger partial charge in [-0.1, -0.05) is 11.6 Å². The van der Waals surface area contributed by atoms with E-state index in [4.69, 9.17) is 0 Å². The number of hydrogen-bond donors (Lipinski definition) is 2. The molecule has 0 spiro atoms. The normalized spacial score (nSPS) is 13.9. The third-order valence-corrected chi connectivity index (χ3v) is 2.54. The average Bonchev–Trinajstić information content (AvgIpc) is 2.81. The van der Waals surface area contributed by atoms with Gasteiger partial charge in [0.2, 0.25) is 5.91 Å². The van der Waals surface area contributed by atoms with E-state index in [-0.39, 0.29) is 30.7 Å². The summed E-state index contributed by atoms with van der Waals surface area (Å²) in [5.74, 6) is 0.00290. The van der Waals surface area contributed by atoms with Crippen molar-refractivity contribution in [1.82, 2.24) is 20.4 Å². The third kappa shape index (κ3) is 5.53. The second kappa shape index (κ2) is 8.97. The van der Waals surface area contributed by atoms with Gasteiger partial charge in [-0.3, -0.25) is 9.48 Å². The van der Waals surface area contributed by atoms with E-state index in [2.05, 4.69) is 21.8 Å². The van der Waals surface area contributed by atoms with E-state index >= 15 is 0 Å². The molecule has 1 aliphatic heterocycles. The zero-order valence-corrected chi connectivity index (χ0v) is 11.6. The lowest BCUT2D eigenvalue weighted by atomic mass is 10.1. The maximum absolute atomic E-state index is 11.5. The van der Waals surface area contributed by atoms with Crippen LogP contribution in [0.1, 0.15) is 6.42 Å². The lowest BCUT2D eigenvalue weighted by Crippen LogP contribution is -2.31. The van der Waals surface area contributed by atoms with Crippen molar-refractivity contribution >= 4 is 30.7 Å². The summed E-state index contributed by atoms with van der Waals surface area (Å²) in [5.41, 5.74) is 1.30. The van der Waals surface area contributed by atoms with Crippen LogP contribution in [-0.4, -0.2) is 35.3 Å². The predicted octanol–water partition coefficient (Wildman–Crippen LogP) is 0.763. The van der Waals surface area contributed by atoms with Crippen LogP contribution in [0.15, 0.2) is 30.1 Å². The quantitative estimate of drug-likeness (QED) is 0.806. The molecule has 102 valence electrons. The molecule has 0 fully saturated rings. The first kappa shape index (κ1) is 17.0. The summed E-state index contributed by atoms with van der Waals surface area (Å²) >= 11 is 0. The van der Waals surface area contributed by atoms with E-state index < -0.39 is 0 Å². The monoisotopic (exact) mass is 292 g/mol. The Balaban J connectivity index is 0.00000144. The van der Waals surface area contributed by atoms with Crippen LogP contribution < -0.4 is 10.6 Å². The van der Waals surface area contributed by atoms with Crippen LogP contribution in [-0.2, 0) is 11.3 Å². The van der Waals surface area contributed by atoms with Crippen molar-refractivity contribution in [3.05, 3.63) is 30.1 Å². The molecule has 0 bridgehead atoms. The third-order valence-electron chi connectivity index (χ3n) is 2.54. The summed E-state index contributed by atoms with van der Waals surface area (Å²) < 4.78 is 1.62. The molecule has 1 aromatic rings. The second-order valence-electron chi connectivity index (χ2n) is 3.80. The smallest absolute Gasteiger partial charge is 0.241 e. The molecule has 0 aliphatic carbocycles. The van der Waals surface area contributed by atoms with Gasteiger partial charge in [0.1, 0.15) is 6.54 Å². The van der Waals surface area contributed by atoms with Gasteiger partial charge >= 0.3 is 0 Å². The van der Waals surface area contributed by atoms with Crippen LogP contribution in [0.2, 0.25) is 0 Å². The highest BCUT2D eigenvalue weighted by molar-refractivity contribution is 5.85. The molecule has 0 aromatic carbocycles. The van der Waals surface area contributed by atoms with Crippen LogP contribution in [0.3, 0.4) is 0 Å². The van der Waals surface area contributed by atoms with E-state index in [9.17, 15) is 4.79 Å². The largest absolute Gasteiger partial charge is 0.351 e. The fraction of sp³-hybridized carbons (Fsp3) is 0.455. The zero-order chi connectivity index (χ0) is 11.2. The van der Waals surface area contributed by atoms with Gasteiger partial charge in [0, 0.05) is 25.5 Å². The molecule has 7 heteroatoms. The van der Waals surface area contributed by atoms with Gasteiger partial charge in [-0.2, -0.15) is 5.10 Å². The average molecular weight is 293 g/mol. The van der Waals surface area contributed by atoms with Crippen LogP contribution in [0.25, 0.3) is 0 Å². The van der Waals surface area contributed by atoms with Crippen molar-refractivity contribution in [1.29, 1.82) is 0 Å². The number of nitrogens with one attached hydrogen (secondary N) is 2. The lowest BCUT2D eigenvalue weighted by Gasteiger charge is -2.14. The summed E-state index contributed by atoms with van der Waals surface area (Å²) in [7, 11) is 0. The molecule has 2 rings (SSSR count). The fourth-order valence-corrected chi connectivity index (χ4v) is 1.64. The zero-order valence-electron chi connectivity index (χ0n) is 9.96. The number of amides is 1. The number of rotatable bonds is 4. The summed E-state index contributed by atoms with van der Waals surface area (Å²) in [4.78, 5) is 11.5. The van der Waals surface area contributed by atoms with Gasteiger partial charge in [-0.15, -0.1) is 24.8 Å². The van der Waals surface area contributed by atoms with E-state index in [1.807, 2.05) is 6.07 Å². The van der Waals surface area contributed by atoms with Crippen molar-refractivity contribution in [2.75, 3.05) is 19.6 Å². The minimum atomic E-state index is 0. The van der Waals surface area contributed by atoms with Crippen molar-refractivity contribution in [3.8, 4) is 0 Å². The molecular formula is C11H18Cl2N4O. The number of nitrogens with zero attached hydrogens (tertiary/aromatic N) is 2. The molecule has 18 heavy (non-hydrogen) atoms. The topological polar surface area (TPSA) is 59.0 Å². The van der Waals surface area contributed by atoms with Crippen molar-refractivity contribution in [2.45, 2.75) is 13.0 Å². The molecule has 1 amide bonds. The summed E-state index contributed by atoms with van der Waals surface area (Å²) in [6.45, 7) is 2.85. The molecule has 0 saturated heterocycles. The molecule has 0 unspecified atom stereocenters. The first-order chi connectivity index (χ1) is 7.84. The Morgan fingerprint density at radius 3 is 2.94 bits per heavy atom. The van der Waals surface area contributed by atoms with E-state index in [1.54, 1.807) is 17.1 Å². The van der Waals surface area contributed by atoms with Crippen LogP contribution in [0.4, 0.5) is 0 Å². The van der Waals surface area contributed by atoms with Crippen LogP contribution in [0.5, 0.6) is 0 Å². The van der Waals surface area contributed by atoms with Crippen molar-refractivity contribution in [3.63, 3.8) is 0 Å².